The van der Waals surface area contributed by atoms with Gasteiger partial charge in [0.25, 0.3) is 0 Å². The molecule has 0 fully saturated rings. The lowest BCUT2D eigenvalue weighted by Gasteiger charge is -2.03. The van der Waals surface area contributed by atoms with Crippen LogP contribution in [0.15, 0.2) is 12.1 Å². The molecule has 0 bridgehead atoms. The van der Waals surface area contributed by atoms with Crippen LogP contribution >= 0.6 is 0 Å². The quantitative estimate of drug-likeness (QED) is 0.664. The number of aromatic carboxylic acids is 1. The molecule has 0 radical (unpaired) electrons. The Hall–Kier alpha value is -1.69. The molecular weight excluding hydrogens is 154 g/mol. The summed E-state index contributed by atoms with van der Waals surface area (Å²) in [5.41, 5.74) is 1.11. The van der Waals surface area contributed by atoms with E-state index in [1.807, 2.05) is 6.92 Å². The molecular formula is C9H9NO2. The van der Waals surface area contributed by atoms with Crippen LogP contribution in [0.3, 0.4) is 0 Å². The first-order valence-corrected chi connectivity index (χ1v) is 3.49. The lowest BCUT2D eigenvalue weighted by atomic mass is 10.4. The molecule has 0 spiro atoms. The minimum absolute atomic E-state index is 0.241. The van der Waals surface area contributed by atoms with E-state index >= 15 is 0 Å². The van der Waals surface area contributed by atoms with Gasteiger partial charge in [0.15, 0.2) is 0 Å². The summed E-state index contributed by atoms with van der Waals surface area (Å²) in [5.74, 6) is 1.46. The predicted molar refractivity (Wildman–Crippen MR) is 45.0 cm³/mol. The van der Waals surface area contributed by atoms with Crippen molar-refractivity contribution < 1.29 is 9.90 Å². The summed E-state index contributed by atoms with van der Waals surface area (Å²) in [6.07, 6.45) is 5.09. The summed E-state index contributed by atoms with van der Waals surface area (Å²) >= 11 is 0. The van der Waals surface area contributed by atoms with Crippen molar-refractivity contribution in [3.05, 3.63) is 23.5 Å². The third-order valence-corrected chi connectivity index (χ3v) is 1.67. The van der Waals surface area contributed by atoms with Gasteiger partial charge in [-0.05, 0) is 19.1 Å². The van der Waals surface area contributed by atoms with Crippen LogP contribution in [-0.4, -0.2) is 15.6 Å². The molecule has 1 aromatic heterocycles. The van der Waals surface area contributed by atoms with Gasteiger partial charge in [-0.25, -0.2) is 4.79 Å². The summed E-state index contributed by atoms with van der Waals surface area (Å²) in [5, 5.41) is 8.72. The van der Waals surface area contributed by atoms with Crippen molar-refractivity contribution >= 4 is 5.97 Å². The average molecular weight is 163 g/mol. The van der Waals surface area contributed by atoms with Crippen molar-refractivity contribution in [2.24, 2.45) is 0 Å². The van der Waals surface area contributed by atoms with Crippen LogP contribution in [-0.2, 0) is 6.54 Å². The van der Waals surface area contributed by atoms with Gasteiger partial charge in [0.1, 0.15) is 5.69 Å². The van der Waals surface area contributed by atoms with Gasteiger partial charge in [-0.15, -0.1) is 6.42 Å². The summed E-state index contributed by atoms with van der Waals surface area (Å²) in [4.78, 5) is 10.6. The molecule has 0 saturated heterocycles. The number of carboxylic acid groups (broad SMARTS) is 1. The second kappa shape index (κ2) is 3.14. The molecule has 0 aromatic carbocycles. The number of terminal acetylenes is 1. The second-order valence-corrected chi connectivity index (χ2v) is 2.46. The maximum absolute atomic E-state index is 10.6. The Morgan fingerprint density at radius 1 is 1.75 bits per heavy atom. The zero-order chi connectivity index (χ0) is 9.14. The highest BCUT2D eigenvalue weighted by Gasteiger charge is 2.09. The number of hydrogen-bond acceptors (Lipinski definition) is 1. The summed E-state index contributed by atoms with van der Waals surface area (Å²) < 4.78 is 1.59. The van der Waals surface area contributed by atoms with E-state index in [0.717, 1.165) is 5.69 Å². The molecule has 0 aliphatic rings. The summed E-state index contributed by atoms with van der Waals surface area (Å²) in [7, 11) is 0. The highest BCUT2D eigenvalue weighted by Crippen LogP contribution is 2.07. The normalized spacial score (nSPS) is 9.33. The molecule has 1 heterocycles. The van der Waals surface area contributed by atoms with E-state index in [0.29, 0.717) is 6.54 Å². The van der Waals surface area contributed by atoms with E-state index in [4.69, 9.17) is 11.5 Å². The topological polar surface area (TPSA) is 42.2 Å². The highest BCUT2D eigenvalue weighted by molar-refractivity contribution is 5.86. The van der Waals surface area contributed by atoms with E-state index in [2.05, 4.69) is 5.92 Å². The first-order chi connectivity index (χ1) is 5.66. The molecule has 1 aromatic rings. The number of aromatic nitrogens is 1. The van der Waals surface area contributed by atoms with Gasteiger partial charge in [-0.3, -0.25) is 0 Å². The molecule has 0 aliphatic carbocycles. The molecule has 0 atom stereocenters. The molecule has 12 heavy (non-hydrogen) atoms. The van der Waals surface area contributed by atoms with E-state index in [1.165, 1.54) is 0 Å². The molecule has 0 unspecified atom stereocenters. The Labute approximate surface area is 70.6 Å². The monoisotopic (exact) mass is 163 g/mol. The first-order valence-electron chi connectivity index (χ1n) is 3.49. The van der Waals surface area contributed by atoms with Crippen molar-refractivity contribution in [2.75, 3.05) is 0 Å². The lowest BCUT2D eigenvalue weighted by molar-refractivity contribution is 0.0685. The maximum atomic E-state index is 10.6. The summed E-state index contributed by atoms with van der Waals surface area (Å²) in [6, 6.07) is 3.29. The Kier molecular flexibility index (Phi) is 2.20. The van der Waals surface area contributed by atoms with Crippen LogP contribution < -0.4 is 0 Å². The molecule has 1 N–H and O–H groups in total. The molecule has 0 aliphatic heterocycles. The average Bonchev–Trinajstić information content (AvgIpc) is 2.34. The van der Waals surface area contributed by atoms with Gasteiger partial charge in [-0.2, -0.15) is 0 Å². The van der Waals surface area contributed by atoms with Crippen LogP contribution in [0, 0.1) is 19.3 Å². The van der Waals surface area contributed by atoms with Crippen molar-refractivity contribution in [1.82, 2.24) is 4.57 Å². The third-order valence-electron chi connectivity index (χ3n) is 1.67. The zero-order valence-corrected chi connectivity index (χ0v) is 6.74. The van der Waals surface area contributed by atoms with Crippen LogP contribution in [0.4, 0.5) is 0 Å². The van der Waals surface area contributed by atoms with E-state index in [9.17, 15) is 4.79 Å². The largest absolute Gasteiger partial charge is 0.477 e. The van der Waals surface area contributed by atoms with Gasteiger partial charge >= 0.3 is 5.97 Å². The fourth-order valence-electron chi connectivity index (χ4n) is 1.06. The van der Waals surface area contributed by atoms with Gasteiger partial charge in [0.05, 0.1) is 6.54 Å². The summed E-state index contributed by atoms with van der Waals surface area (Å²) in [6.45, 7) is 2.13. The van der Waals surface area contributed by atoms with Crippen molar-refractivity contribution in [2.45, 2.75) is 13.5 Å². The van der Waals surface area contributed by atoms with Crippen LogP contribution in [0.2, 0.25) is 0 Å². The number of hydrogen-bond donors (Lipinski definition) is 1. The Morgan fingerprint density at radius 3 is 2.92 bits per heavy atom. The number of carbonyl (C=O) groups is 1. The van der Waals surface area contributed by atoms with Crippen molar-refractivity contribution in [3.63, 3.8) is 0 Å². The van der Waals surface area contributed by atoms with E-state index < -0.39 is 5.97 Å². The van der Waals surface area contributed by atoms with Crippen molar-refractivity contribution in [1.29, 1.82) is 0 Å². The van der Waals surface area contributed by atoms with E-state index in [-0.39, 0.29) is 5.69 Å². The first kappa shape index (κ1) is 8.41. The Bertz CT molecular complexity index is 344. The number of nitrogens with zero attached hydrogens (tertiary/aromatic N) is 1. The molecule has 3 nitrogen and oxygen atoms in total. The Morgan fingerprint density at radius 2 is 2.42 bits per heavy atom. The second-order valence-electron chi connectivity index (χ2n) is 2.46. The van der Waals surface area contributed by atoms with Gasteiger partial charge < -0.3 is 9.67 Å². The Balaban J connectivity index is 3.14. The fourth-order valence-corrected chi connectivity index (χ4v) is 1.06. The van der Waals surface area contributed by atoms with Crippen molar-refractivity contribution in [3.8, 4) is 12.3 Å². The van der Waals surface area contributed by atoms with E-state index in [1.54, 1.807) is 16.7 Å². The number of carboxylic acids is 1. The zero-order valence-electron chi connectivity index (χ0n) is 6.74. The van der Waals surface area contributed by atoms with Gasteiger partial charge in [-0.1, -0.05) is 5.92 Å². The smallest absolute Gasteiger partial charge is 0.352 e. The molecule has 62 valence electrons. The van der Waals surface area contributed by atoms with Crippen LogP contribution in [0.5, 0.6) is 0 Å². The van der Waals surface area contributed by atoms with Gasteiger partial charge in [0, 0.05) is 5.69 Å². The minimum atomic E-state index is -0.946. The van der Waals surface area contributed by atoms with Crippen LogP contribution in [0.1, 0.15) is 16.2 Å². The van der Waals surface area contributed by atoms with Gasteiger partial charge in [0.2, 0.25) is 0 Å². The molecule has 0 amide bonds. The minimum Gasteiger partial charge on any atom is -0.477 e. The fraction of sp³-hybridized carbons (Fsp3) is 0.222. The highest BCUT2D eigenvalue weighted by atomic mass is 16.4. The number of aryl methyl sites for hydroxylation is 1. The SMILES string of the molecule is C#CCn1c(C)ccc1C(=O)O. The lowest BCUT2D eigenvalue weighted by Crippen LogP contribution is -2.08. The molecule has 0 saturated carbocycles. The predicted octanol–water partition coefficient (Wildman–Crippen LogP) is 1.13. The molecule has 1 rings (SSSR count). The molecule has 3 heteroatoms. The number of rotatable bonds is 2. The van der Waals surface area contributed by atoms with Crippen LogP contribution in [0.25, 0.3) is 0 Å². The third kappa shape index (κ3) is 1.32. The standard InChI is InChI=1S/C9H9NO2/c1-3-6-10-7(2)4-5-8(10)9(11)12/h1,4-5H,6H2,2H3,(H,11,12). The maximum Gasteiger partial charge on any atom is 0.352 e.